The Labute approximate surface area is 295 Å². The van der Waals surface area contributed by atoms with Gasteiger partial charge in [-0.1, -0.05) is 96.3 Å². The van der Waals surface area contributed by atoms with Crippen LogP contribution in [0.1, 0.15) is 29.3 Å². The molecular weight excluding hydrogens is 695 g/mol. The molecule has 238 valence electrons. The summed E-state index contributed by atoms with van der Waals surface area (Å²) in [6.07, 6.45) is 2.02. The molecule has 0 saturated carbocycles. The first kappa shape index (κ1) is 34.2. The lowest BCUT2D eigenvalue weighted by Crippen LogP contribution is -2.30. The second kappa shape index (κ2) is 16.1. The van der Waals surface area contributed by atoms with Gasteiger partial charge in [0.15, 0.2) is 5.13 Å². The maximum atomic E-state index is 13.6. The lowest BCUT2D eigenvalue weighted by Gasteiger charge is -2.15. The average Bonchev–Trinajstić information content (AvgIpc) is 3.54. The lowest BCUT2D eigenvalue weighted by atomic mass is 10.1. The molecule has 5 rings (SSSR count). The Morgan fingerprint density at radius 2 is 1.60 bits per heavy atom. The number of halogens is 3. The highest BCUT2D eigenvalue weighted by Crippen LogP contribution is 2.32. The Morgan fingerprint density at radius 1 is 0.872 bits per heavy atom. The minimum absolute atomic E-state index is 0.0357. The van der Waals surface area contributed by atoms with Crippen molar-refractivity contribution in [2.45, 2.75) is 23.5 Å². The Balaban J connectivity index is 1.30. The first-order chi connectivity index (χ1) is 22.7. The number of rotatable bonds is 11. The van der Waals surface area contributed by atoms with Crippen LogP contribution >= 0.6 is 57.9 Å². The SMILES string of the molecule is CCC(Sc1cccc(NC(=O)/C(=C\c2cccc(Cl)c2Cl)NC(=O)c2ccccc2)c1)C(=O)Nc1nc(-c2ccccc2Cl)cs1. The second-order valence-electron chi connectivity index (χ2n) is 10.0. The molecule has 1 unspecified atom stereocenters. The number of amides is 3. The smallest absolute Gasteiger partial charge is 0.272 e. The van der Waals surface area contributed by atoms with Gasteiger partial charge >= 0.3 is 0 Å². The van der Waals surface area contributed by atoms with E-state index in [1.165, 1.54) is 29.2 Å². The fraction of sp³-hybridized carbons (Fsp3) is 0.0857. The van der Waals surface area contributed by atoms with Crippen molar-refractivity contribution in [3.8, 4) is 11.3 Å². The summed E-state index contributed by atoms with van der Waals surface area (Å²) in [5.41, 5.74) is 2.75. The van der Waals surface area contributed by atoms with Gasteiger partial charge in [0.05, 0.1) is 21.0 Å². The number of aromatic nitrogens is 1. The second-order valence-corrected chi connectivity index (χ2v) is 13.4. The van der Waals surface area contributed by atoms with Gasteiger partial charge in [-0.15, -0.1) is 23.1 Å². The van der Waals surface area contributed by atoms with E-state index in [0.717, 1.165) is 10.5 Å². The van der Waals surface area contributed by atoms with E-state index in [1.54, 1.807) is 72.8 Å². The standard InChI is InChI=1S/C35H27Cl3N4O3S2/c1-2-30(34(45)42-35-41-29(20-46-35)25-15-6-7-16-26(25)36)47-24-14-9-13-23(19-24)39-33(44)28(18-22-12-8-17-27(37)31(22)38)40-32(43)21-10-4-3-5-11-21/h3-20,30H,2H2,1H3,(H,39,44)(H,40,43)(H,41,42,45)/b28-18+. The number of nitrogens with one attached hydrogen (secondary N) is 3. The third kappa shape index (κ3) is 9.03. The van der Waals surface area contributed by atoms with E-state index in [-0.39, 0.29) is 16.6 Å². The number of hydrogen-bond donors (Lipinski definition) is 3. The van der Waals surface area contributed by atoms with Gasteiger partial charge in [0.1, 0.15) is 5.70 Å². The topological polar surface area (TPSA) is 100 Å². The maximum Gasteiger partial charge on any atom is 0.272 e. The highest BCUT2D eigenvalue weighted by atomic mass is 35.5. The molecule has 1 heterocycles. The minimum atomic E-state index is -0.574. The van der Waals surface area contributed by atoms with Crippen LogP contribution < -0.4 is 16.0 Å². The van der Waals surface area contributed by atoms with Gasteiger partial charge in [-0.25, -0.2) is 4.98 Å². The average molecular weight is 722 g/mol. The lowest BCUT2D eigenvalue weighted by molar-refractivity contribution is -0.116. The number of thioether (sulfide) groups is 1. The largest absolute Gasteiger partial charge is 0.321 e. The molecule has 0 aliphatic rings. The third-order valence-corrected chi connectivity index (χ3v) is 10.0. The van der Waals surface area contributed by atoms with Crippen molar-refractivity contribution in [3.63, 3.8) is 0 Å². The van der Waals surface area contributed by atoms with Crippen molar-refractivity contribution in [1.82, 2.24) is 10.3 Å². The van der Waals surface area contributed by atoms with E-state index >= 15 is 0 Å². The quantitative estimate of drug-likeness (QED) is 0.0932. The van der Waals surface area contributed by atoms with E-state index in [0.29, 0.717) is 44.1 Å². The zero-order chi connectivity index (χ0) is 33.3. The van der Waals surface area contributed by atoms with Gasteiger partial charge in [0.25, 0.3) is 11.8 Å². The molecule has 1 aromatic heterocycles. The molecule has 5 aromatic rings. The van der Waals surface area contributed by atoms with Gasteiger partial charge in [-0.05, 0) is 60.5 Å². The number of anilines is 2. The van der Waals surface area contributed by atoms with Crippen molar-refractivity contribution in [1.29, 1.82) is 0 Å². The zero-order valence-corrected chi connectivity index (χ0v) is 28.7. The number of carbonyl (C=O) groups excluding carboxylic acids is 3. The summed E-state index contributed by atoms with van der Waals surface area (Å²) >= 11 is 21.6. The van der Waals surface area contributed by atoms with Crippen LogP contribution in [0.5, 0.6) is 0 Å². The van der Waals surface area contributed by atoms with Crippen LogP contribution in [-0.4, -0.2) is 28.0 Å². The Bertz CT molecular complexity index is 1950. The van der Waals surface area contributed by atoms with Crippen LogP contribution in [-0.2, 0) is 9.59 Å². The van der Waals surface area contributed by atoms with Crippen molar-refractivity contribution in [3.05, 3.63) is 134 Å². The van der Waals surface area contributed by atoms with Gasteiger partial charge in [-0.2, -0.15) is 0 Å². The summed E-state index contributed by atoms with van der Waals surface area (Å²) in [7, 11) is 0. The van der Waals surface area contributed by atoms with Crippen LogP contribution in [0.3, 0.4) is 0 Å². The van der Waals surface area contributed by atoms with Crippen molar-refractivity contribution < 1.29 is 14.4 Å². The number of nitrogens with zero attached hydrogens (tertiary/aromatic N) is 1. The monoisotopic (exact) mass is 720 g/mol. The van der Waals surface area contributed by atoms with Crippen LogP contribution in [0.4, 0.5) is 10.8 Å². The molecule has 3 amide bonds. The van der Waals surface area contributed by atoms with Crippen molar-refractivity contribution in [2.24, 2.45) is 0 Å². The van der Waals surface area contributed by atoms with E-state index in [9.17, 15) is 14.4 Å². The number of carbonyl (C=O) groups is 3. The van der Waals surface area contributed by atoms with Crippen LogP contribution in [0.25, 0.3) is 17.3 Å². The summed E-state index contributed by atoms with van der Waals surface area (Å²) in [5, 5.41) is 11.5. The van der Waals surface area contributed by atoms with Gasteiger partial charge < -0.3 is 16.0 Å². The van der Waals surface area contributed by atoms with Crippen molar-refractivity contribution in [2.75, 3.05) is 10.6 Å². The van der Waals surface area contributed by atoms with Gasteiger partial charge in [0, 0.05) is 32.1 Å². The molecule has 0 aliphatic carbocycles. The van der Waals surface area contributed by atoms with E-state index in [4.69, 9.17) is 34.8 Å². The van der Waals surface area contributed by atoms with Crippen LogP contribution in [0, 0.1) is 0 Å². The van der Waals surface area contributed by atoms with Crippen molar-refractivity contribution >= 4 is 92.5 Å². The van der Waals surface area contributed by atoms with E-state index in [1.807, 2.05) is 36.6 Å². The maximum absolute atomic E-state index is 13.6. The first-order valence-electron chi connectivity index (χ1n) is 14.3. The first-order valence-corrected chi connectivity index (χ1v) is 17.2. The zero-order valence-electron chi connectivity index (χ0n) is 24.8. The summed E-state index contributed by atoms with van der Waals surface area (Å²) < 4.78 is 0. The predicted molar refractivity (Wildman–Crippen MR) is 195 cm³/mol. The summed E-state index contributed by atoms with van der Waals surface area (Å²) in [6.45, 7) is 1.92. The predicted octanol–water partition coefficient (Wildman–Crippen LogP) is 9.69. The summed E-state index contributed by atoms with van der Waals surface area (Å²) in [4.78, 5) is 45.1. The van der Waals surface area contributed by atoms with Gasteiger partial charge in [0.2, 0.25) is 5.91 Å². The molecule has 47 heavy (non-hydrogen) atoms. The normalized spacial score (nSPS) is 11.9. The fourth-order valence-electron chi connectivity index (χ4n) is 4.37. The molecule has 12 heteroatoms. The fourth-order valence-corrected chi connectivity index (χ4v) is 6.69. The molecule has 0 bridgehead atoms. The van der Waals surface area contributed by atoms with Crippen LogP contribution in [0.2, 0.25) is 15.1 Å². The molecule has 0 saturated heterocycles. The number of benzene rings is 4. The highest BCUT2D eigenvalue weighted by molar-refractivity contribution is 8.00. The Kier molecular flexibility index (Phi) is 11.7. The van der Waals surface area contributed by atoms with Gasteiger partial charge in [-0.3, -0.25) is 14.4 Å². The number of hydrogen-bond acceptors (Lipinski definition) is 6. The molecule has 0 aliphatic heterocycles. The van der Waals surface area contributed by atoms with E-state index < -0.39 is 17.1 Å². The Hall–Kier alpha value is -4.12. The van der Waals surface area contributed by atoms with Crippen LogP contribution in [0.15, 0.2) is 113 Å². The molecule has 7 nitrogen and oxygen atoms in total. The molecule has 4 aromatic carbocycles. The minimum Gasteiger partial charge on any atom is -0.321 e. The summed E-state index contributed by atoms with van der Waals surface area (Å²) in [6, 6.07) is 28.1. The molecule has 0 fully saturated rings. The highest BCUT2D eigenvalue weighted by Gasteiger charge is 2.21. The number of thiazole rings is 1. The molecular formula is C35H27Cl3N4O3S2. The molecule has 0 radical (unpaired) electrons. The summed E-state index contributed by atoms with van der Waals surface area (Å²) in [5.74, 6) is -1.24. The third-order valence-electron chi connectivity index (χ3n) is 6.73. The van der Waals surface area contributed by atoms with E-state index in [2.05, 4.69) is 20.9 Å². The Morgan fingerprint density at radius 3 is 2.36 bits per heavy atom. The molecule has 1 atom stereocenters. The molecule has 0 spiro atoms. The molecule has 3 N–H and O–H groups in total.